The Hall–Kier alpha value is -1.57. The number of esters is 1. The molecule has 1 aromatic rings. The Morgan fingerprint density at radius 3 is 2.50 bits per heavy atom. The number of aliphatic hydroxyl groups is 7. The average Bonchev–Trinajstić information content (AvgIpc) is 3.45. The maximum Gasteiger partial charge on any atom is 0.355 e. The zero-order valence-electron chi connectivity index (χ0n) is 20.7. The Morgan fingerprint density at radius 1 is 1.25 bits per heavy atom. The summed E-state index contributed by atoms with van der Waals surface area (Å²) in [4.78, 5) is 15.9. The molecule has 4 aliphatic carbocycles. The molecule has 4 saturated carbocycles. The fraction of sp³-hybridized carbons (Fsp3) is 0.800. The van der Waals surface area contributed by atoms with Crippen molar-refractivity contribution in [1.29, 1.82) is 0 Å². The fourth-order valence-electron chi connectivity index (χ4n) is 9.57. The number of nitrogens with one attached hydrogen (secondary N) is 1. The first-order chi connectivity index (χ1) is 16.6. The van der Waals surface area contributed by atoms with Crippen molar-refractivity contribution < 1.29 is 50.0 Å². The molecule has 8 N–H and O–H groups in total. The van der Waals surface area contributed by atoms with Gasteiger partial charge in [-0.2, -0.15) is 0 Å². The van der Waals surface area contributed by atoms with Gasteiger partial charge in [0.1, 0.15) is 28.1 Å². The molecule has 3 heterocycles. The summed E-state index contributed by atoms with van der Waals surface area (Å²) in [6.07, 6.45) is -2.05. The molecule has 0 amide bonds. The molecule has 1 spiro atoms. The highest BCUT2D eigenvalue weighted by atomic mass is 16.7. The number of aromatic amines is 1. The summed E-state index contributed by atoms with van der Waals surface area (Å²) >= 11 is 0. The van der Waals surface area contributed by atoms with Gasteiger partial charge >= 0.3 is 5.97 Å². The summed E-state index contributed by atoms with van der Waals surface area (Å²) in [6, 6.07) is 2.99. The second-order valence-electron chi connectivity index (χ2n) is 12.3. The average molecular weight is 510 g/mol. The van der Waals surface area contributed by atoms with Crippen LogP contribution in [0.5, 0.6) is 0 Å². The number of ether oxygens (including phenoxy) is 2. The Morgan fingerprint density at radius 2 is 1.92 bits per heavy atom. The molecule has 6 bridgehead atoms. The van der Waals surface area contributed by atoms with Gasteiger partial charge in [-0.3, -0.25) is 0 Å². The summed E-state index contributed by atoms with van der Waals surface area (Å²) in [5.74, 6) is -4.97. The lowest BCUT2D eigenvalue weighted by molar-refractivity contribution is -0.390. The number of carbonyl (C=O) groups excluding carboxylic acids is 1. The number of rotatable bonds is 4. The topological polar surface area (TPSA) is 193 Å². The summed E-state index contributed by atoms with van der Waals surface area (Å²) < 4.78 is 12.0. The van der Waals surface area contributed by atoms with E-state index in [0.29, 0.717) is 6.42 Å². The zero-order chi connectivity index (χ0) is 26.5. The monoisotopic (exact) mass is 509 g/mol. The van der Waals surface area contributed by atoms with Crippen molar-refractivity contribution in [2.24, 2.45) is 22.7 Å². The molecule has 6 aliphatic rings. The number of aliphatic hydroxyl groups excluding tert-OH is 2. The summed E-state index contributed by atoms with van der Waals surface area (Å²) in [5, 5.41) is 84.2. The van der Waals surface area contributed by atoms with E-state index < -0.39 is 87.7 Å². The first-order valence-electron chi connectivity index (χ1n) is 12.5. The van der Waals surface area contributed by atoms with Gasteiger partial charge in [-0.25, -0.2) is 4.79 Å². The van der Waals surface area contributed by atoms with Gasteiger partial charge in [0.2, 0.25) is 0 Å². The molecule has 7 rings (SSSR count). The molecule has 0 aromatic carbocycles. The zero-order valence-corrected chi connectivity index (χ0v) is 20.7. The normalized spacial score (nSPS) is 59.2. The molecule has 36 heavy (non-hydrogen) atoms. The molecule has 2 aliphatic heterocycles. The Kier molecular flexibility index (Phi) is 4.36. The van der Waals surface area contributed by atoms with Crippen LogP contribution in [-0.2, 0) is 9.47 Å². The van der Waals surface area contributed by atoms with Crippen molar-refractivity contribution in [1.82, 2.24) is 4.98 Å². The molecular formula is C25H35NO10. The first kappa shape index (κ1) is 24.7. The second kappa shape index (κ2) is 6.35. The van der Waals surface area contributed by atoms with Crippen molar-refractivity contribution in [3.63, 3.8) is 0 Å². The quantitative estimate of drug-likeness (QED) is 0.228. The van der Waals surface area contributed by atoms with E-state index in [4.69, 9.17) is 9.47 Å². The molecule has 200 valence electrons. The van der Waals surface area contributed by atoms with Gasteiger partial charge in [0.05, 0.1) is 11.5 Å². The second-order valence-corrected chi connectivity index (χ2v) is 12.3. The van der Waals surface area contributed by atoms with Gasteiger partial charge in [-0.05, 0) is 37.8 Å². The number of hydrogen-bond donors (Lipinski definition) is 8. The van der Waals surface area contributed by atoms with E-state index in [9.17, 15) is 40.5 Å². The van der Waals surface area contributed by atoms with Crippen LogP contribution in [0.15, 0.2) is 18.3 Å². The smallest absolute Gasteiger partial charge is 0.355 e. The minimum absolute atomic E-state index is 0.0109. The van der Waals surface area contributed by atoms with Crippen LogP contribution in [0.1, 0.15) is 57.4 Å². The largest absolute Gasteiger partial charge is 0.451 e. The molecule has 11 heteroatoms. The lowest BCUT2D eigenvalue weighted by Gasteiger charge is -2.60. The number of carbonyl (C=O) groups is 1. The van der Waals surface area contributed by atoms with E-state index in [0.717, 1.165) is 0 Å². The minimum Gasteiger partial charge on any atom is -0.451 e. The van der Waals surface area contributed by atoms with E-state index in [1.165, 1.54) is 33.0 Å². The molecule has 12 atom stereocenters. The first-order valence-corrected chi connectivity index (χ1v) is 12.5. The molecule has 11 nitrogen and oxygen atoms in total. The highest BCUT2D eigenvalue weighted by Crippen LogP contribution is 2.90. The Balaban J connectivity index is 1.69. The summed E-state index contributed by atoms with van der Waals surface area (Å²) in [7, 11) is 0. The van der Waals surface area contributed by atoms with E-state index in [-0.39, 0.29) is 12.1 Å². The number of hydrogen-bond acceptors (Lipinski definition) is 10. The van der Waals surface area contributed by atoms with Gasteiger partial charge < -0.3 is 50.2 Å². The molecule has 1 aromatic heterocycles. The van der Waals surface area contributed by atoms with Gasteiger partial charge in [-0.15, -0.1) is 0 Å². The van der Waals surface area contributed by atoms with E-state index in [1.54, 1.807) is 13.0 Å². The fourth-order valence-corrected chi connectivity index (χ4v) is 9.57. The van der Waals surface area contributed by atoms with Crippen LogP contribution in [-0.4, -0.2) is 99.3 Å². The van der Waals surface area contributed by atoms with Crippen molar-refractivity contribution in [3.8, 4) is 0 Å². The summed E-state index contributed by atoms with van der Waals surface area (Å²) in [5.41, 5.74) is -16.1. The van der Waals surface area contributed by atoms with Gasteiger partial charge in [-0.1, -0.05) is 20.8 Å². The predicted octanol–water partition coefficient (Wildman–Crippen LogP) is -1.22. The van der Waals surface area contributed by atoms with E-state index >= 15 is 0 Å². The van der Waals surface area contributed by atoms with Crippen LogP contribution >= 0.6 is 0 Å². The predicted molar refractivity (Wildman–Crippen MR) is 120 cm³/mol. The summed E-state index contributed by atoms with van der Waals surface area (Å²) in [6.45, 7) is 5.25. The molecular weight excluding hydrogens is 474 g/mol. The van der Waals surface area contributed by atoms with Crippen LogP contribution in [0.4, 0.5) is 0 Å². The van der Waals surface area contributed by atoms with Crippen LogP contribution < -0.4 is 0 Å². The molecule has 1 unspecified atom stereocenters. The molecule has 2 saturated heterocycles. The van der Waals surface area contributed by atoms with Gasteiger partial charge in [0.15, 0.2) is 17.5 Å². The highest BCUT2D eigenvalue weighted by Gasteiger charge is 3.10. The van der Waals surface area contributed by atoms with Gasteiger partial charge in [0, 0.05) is 30.6 Å². The van der Waals surface area contributed by atoms with Crippen molar-refractivity contribution in [2.45, 2.75) is 93.0 Å². The van der Waals surface area contributed by atoms with Crippen LogP contribution in [0.2, 0.25) is 0 Å². The lowest BCUT2D eigenvalue weighted by Crippen LogP contribution is -2.75. The Bertz CT molecular complexity index is 1150. The van der Waals surface area contributed by atoms with Crippen LogP contribution in [0, 0.1) is 22.7 Å². The maximum absolute atomic E-state index is 13.2. The minimum atomic E-state index is -2.70. The van der Waals surface area contributed by atoms with E-state index in [1.807, 2.05) is 0 Å². The standard InChI is InChI=1S/C25H35NO10/c1-12-7-8-20(30)18(3)11-21(31)19(4)22(32,13(2)10-27)17(35-16(29)14-6-5-9-26-14)23(18,33)25(19,34)24(20,36-21)15(12)28/h5-6,9,12-13,15,17,26-28,30-34H,7-8,10-11H2,1-4H3/t12-,13?,15+,17+,18-,19+,20-,21-,22+,23+,24+,25+/m0/s1. The molecule has 6 fully saturated rings. The number of H-pyrrole nitrogens is 1. The third-order valence-corrected chi connectivity index (χ3v) is 11.5. The highest BCUT2D eigenvalue weighted by molar-refractivity contribution is 5.87. The number of aromatic nitrogens is 1. The van der Waals surface area contributed by atoms with E-state index in [2.05, 4.69) is 4.98 Å². The van der Waals surface area contributed by atoms with Crippen LogP contribution in [0.3, 0.4) is 0 Å². The third-order valence-electron chi connectivity index (χ3n) is 11.5. The Labute approximate surface area is 207 Å². The third kappa shape index (κ3) is 1.80. The SMILES string of the molecule is CC(CO)[C@@]1(O)[C@@H](OC(=O)c2ccc[nH]2)[C@@]2(O)[C@@]3(C)C[C@]4(O)O[C@@]5([C@H](O)[C@@H](C)CC[C@]35O)[C@@]2(O)[C@@]14C. The van der Waals surface area contributed by atoms with Crippen molar-refractivity contribution >= 4 is 5.97 Å². The maximum atomic E-state index is 13.2. The van der Waals surface area contributed by atoms with Crippen molar-refractivity contribution in [3.05, 3.63) is 24.0 Å². The van der Waals surface area contributed by atoms with Crippen LogP contribution in [0.25, 0.3) is 0 Å². The van der Waals surface area contributed by atoms with Crippen molar-refractivity contribution in [2.75, 3.05) is 6.61 Å². The van der Waals surface area contributed by atoms with Gasteiger partial charge in [0.25, 0.3) is 0 Å². The lowest BCUT2D eigenvalue weighted by atomic mass is 9.52. The molecule has 0 radical (unpaired) electrons.